The van der Waals surface area contributed by atoms with Gasteiger partial charge in [-0.2, -0.15) is 0 Å². The molecule has 0 bridgehead atoms. The number of nitrogens with one attached hydrogen (secondary N) is 1. The van der Waals surface area contributed by atoms with Gasteiger partial charge in [-0.1, -0.05) is 0 Å². The summed E-state index contributed by atoms with van der Waals surface area (Å²) in [7, 11) is 0. The largest absolute Gasteiger partial charge is 0.310 e. The molecular formula is C13H12BrN3OS2. The van der Waals surface area contributed by atoms with Crippen LogP contribution in [-0.2, 0) is 13.1 Å². The van der Waals surface area contributed by atoms with E-state index < -0.39 is 0 Å². The van der Waals surface area contributed by atoms with Crippen LogP contribution in [0.3, 0.4) is 0 Å². The van der Waals surface area contributed by atoms with E-state index in [0.29, 0.717) is 11.9 Å². The minimum atomic E-state index is 0.0388. The molecule has 3 heterocycles. The summed E-state index contributed by atoms with van der Waals surface area (Å²) in [4.78, 5) is 18.5. The predicted molar refractivity (Wildman–Crippen MR) is 87.6 cm³/mol. The first-order valence-corrected chi connectivity index (χ1v) is 8.65. The van der Waals surface area contributed by atoms with Crippen LogP contribution in [0.5, 0.6) is 0 Å². The van der Waals surface area contributed by atoms with E-state index in [9.17, 15) is 4.79 Å². The average molecular weight is 370 g/mol. The fourth-order valence-corrected chi connectivity index (χ4v) is 4.05. The van der Waals surface area contributed by atoms with E-state index in [-0.39, 0.29) is 5.56 Å². The minimum Gasteiger partial charge on any atom is -0.310 e. The van der Waals surface area contributed by atoms with Gasteiger partial charge in [0.15, 0.2) is 0 Å². The summed E-state index contributed by atoms with van der Waals surface area (Å²) in [6.07, 6.45) is 1.63. The number of fused-ring (bicyclic) bond motifs is 1. The van der Waals surface area contributed by atoms with Crippen molar-refractivity contribution in [1.29, 1.82) is 0 Å². The number of aromatic nitrogens is 2. The van der Waals surface area contributed by atoms with Crippen LogP contribution in [0.15, 0.2) is 38.5 Å². The van der Waals surface area contributed by atoms with Gasteiger partial charge in [0.25, 0.3) is 5.56 Å². The molecule has 0 aliphatic rings. The molecule has 3 aromatic heterocycles. The Kier molecular flexibility index (Phi) is 4.30. The van der Waals surface area contributed by atoms with Crippen molar-refractivity contribution in [1.82, 2.24) is 14.9 Å². The molecule has 0 amide bonds. The summed E-state index contributed by atoms with van der Waals surface area (Å²) in [5.74, 6) is 0. The van der Waals surface area contributed by atoms with Gasteiger partial charge >= 0.3 is 0 Å². The van der Waals surface area contributed by atoms with Gasteiger partial charge in [0.05, 0.1) is 11.7 Å². The van der Waals surface area contributed by atoms with Gasteiger partial charge in [0.1, 0.15) is 4.83 Å². The van der Waals surface area contributed by atoms with Crippen LogP contribution < -0.4 is 10.9 Å². The highest BCUT2D eigenvalue weighted by Crippen LogP contribution is 2.19. The van der Waals surface area contributed by atoms with E-state index in [0.717, 1.165) is 22.4 Å². The summed E-state index contributed by atoms with van der Waals surface area (Å²) < 4.78 is 2.77. The molecule has 0 unspecified atom stereocenters. The summed E-state index contributed by atoms with van der Waals surface area (Å²) in [6, 6.07) is 3.94. The first kappa shape index (κ1) is 13.9. The van der Waals surface area contributed by atoms with Gasteiger partial charge < -0.3 is 5.32 Å². The lowest BCUT2D eigenvalue weighted by Gasteiger charge is -2.06. The third kappa shape index (κ3) is 3.01. The Morgan fingerprint density at radius 2 is 2.30 bits per heavy atom. The normalized spacial score (nSPS) is 11.2. The molecule has 0 saturated heterocycles. The number of halogens is 1. The van der Waals surface area contributed by atoms with Crippen molar-refractivity contribution in [2.24, 2.45) is 0 Å². The minimum absolute atomic E-state index is 0.0388. The first-order valence-electron chi connectivity index (χ1n) is 6.10. The molecule has 4 nitrogen and oxygen atoms in total. The van der Waals surface area contributed by atoms with E-state index in [1.807, 2.05) is 11.4 Å². The molecule has 0 aromatic carbocycles. The van der Waals surface area contributed by atoms with Gasteiger partial charge in [-0.25, -0.2) is 4.98 Å². The molecule has 20 heavy (non-hydrogen) atoms. The molecule has 0 saturated carbocycles. The Morgan fingerprint density at radius 1 is 1.40 bits per heavy atom. The average Bonchev–Trinajstić information content (AvgIpc) is 3.06. The van der Waals surface area contributed by atoms with Crippen molar-refractivity contribution in [3.63, 3.8) is 0 Å². The van der Waals surface area contributed by atoms with Crippen LogP contribution in [0.1, 0.15) is 4.88 Å². The second kappa shape index (κ2) is 6.17. The maximum absolute atomic E-state index is 12.2. The molecule has 0 aliphatic carbocycles. The lowest BCUT2D eigenvalue weighted by atomic mass is 10.4. The van der Waals surface area contributed by atoms with Gasteiger partial charge in [0.2, 0.25) is 0 Å². The van der Waals surface area contributed by atoms with Gasteiger partial charge in [-0.15, -0.1) is 22.7 Å². The monoisotopic (exact) mass is 369 g/mol. The number of hydrogen-bond acceptors (Lipinski definition) is 5. The van der Waals surface area contributed by atoms with Crippen LogP contribution >= 0.6 is 38.6 Å². The molecule has 1 N–H and O–H groups in total. The number of thiophene rings is 2. The molecule has 0 fully saturated rings. The van der Waals surface area contributed by atoms with Crippen LogP contribution in [0, 0.1) is 0 Å². The summed E-state index contributed by atoms with van der Waals surface area (Å²) in [5, 5.41) is 8.01. The second-order valence-corrected chi connectivity index (χ2v) is 7.10. The van der Waals surface area contributed by atoms with Crippen molar-refractivity contribution in [3.8, 4) is 0 Å². The van der Waals surface area contributed by atoms with Crippen LogP contribution in [-0.4, -0.2) is 16.1 Å². The van der Waals surface area contributed by atoms with Crippen molar-refractivity contribution in [2.75, 3.05) is 6.54 Å². The highest BCUT2D eigenvalue weighted by atomic mass is 79.9. The highest BCUT2D eigenvalue weighted by Gasteiger charge is 2.04. The molecule has 0 atom stereocenters. The maximum Gasteiger partial charge on any atom is 0.262 e. The van der Waals surface area contributed by atoms with Crippen LogP contribution in [0.2, 0.25) is 0 Å². The Hall–Kier alpha value is -1.02. The van der Waals surface area contributed by atoms with Gasteiger partial charge in [-0.05, 0) is 33.4 Å². The second-order valence-electron chi connectivity index (χ2n) is 4.29. The molecule has 3 aromatic rings. The Bertz CT molecular complexity index is 777. The third-order valence-electron chi connectivity index (χ3n) is 2.90. The lowest BCUT2D eigenvalue weighted by Crippen LogP contribution is -2.26. The fourth-order valence-electron chi connectivity index (χ4n) is 1.91. The quantitative estimate of drug-likeness (QED) is 0.703. The zero-order valence-electron chi connectivity index (χ0n) is 10.5. The van der Waals surface area contributed by atoms with Crippen LogP contribution in [0.25, 0.3) is 10.2 Å². The summed E-state index contributed by atoms with van der Waals surface area (Å²) in [6.45, 7) is 2.19. The topological polar surface area (TPSA) is 46.9 Å². The summed E-state index contributed by atoms with van der Waals surface area (Å²) >= 11 is 6.64. The van der Waals surface area contributed by atoms with Gasteiger partial charge in [0, 0.05) is 34.4 Å². The van der Waals surface area contributed by atoms with Gasteiger partial charge in [-0.3, -0.25) is 9.36 Å². The van der Waals surface area contributed by atoms with Crippen molar-refractivity contribution in [3.05, 3.63) is 48.9 Å². The molecule has 104 valence electrons. The Morgan fingerprint density at radius 3 is 3.10 bits per heavy atom. The first-order chi connectivity index (χ1) is 9.74. The number of rotatable bonds is 5. The van der Waals surface area contributed by atoms with Crippen molar-refractivity contribution in [2.45, 2.75) is 13.1 Å². The molecular weight excluding hydrogens is 358 g/mol. The van der Waals surface area contributed by atoms with Crippen LogP contribution in [0.4, 0.5) is 0 Å². The zero-order valence-corrected chi connectivity index (χ0v) is 13.7. The van der Waals surface area contributed by atoms with Crippen molar-refractivity contribution >= 4 is 48.8 Å². The SMILES string of the molecule is O=c1c2ccsc2ncn1CCNCc1cc(Br)cs1. The van der Waals surface area contributed by atoms with E-state index in [4.69, 9.17) is 0 Å². The molecule has 0 radical (unpaired) electrons. The highest BCUT2D eigenvalue weighted by molar-refractivity contribution is 9.10. The number of hydrogen-bond donors (Lipinski definition) is 1. The van der Waals surface area contributed by atoms with E-state index >= 15 is 0 Å². The van der Waals surface area contributed by atoms with Crippen molar-refractivity contribution < 1.29 is 0 Å². The lowest BCUT2D eigenvalue weighted by molar-refractivity contribution is 0.585. The standard InChI is InChI=1S/C13H12BrN3OS2/c14-9-5-10(20-7-9)6-15-2-3-17-8-16-12-11(13(17)18)1-4-19-12/h1,4-5,7-8,15H,2-3,6H2. The molecule has 0 spiro atoms. The van der Waals surface area contributed by atoms with E-state index in [1.54, 1.807) is 22.2 Å². The Labute approximate surface area is 132 Å². The Balaban J connectivity index is 1.59. The predicted octanol–water partition coefficient (Wildman–Crippen LogP) is 3.07. The third-order valence-corrected chi connectivity index (χ3v) is 5.42. The zero-order chi connectivity index (χ0) is 13.9. The smallest absolute Gasteiger partial charge is 0.262 e. The maximum atomic E-state index is 12.2. The molecule has 3 rings (SSSR count). The number of nitrogens with zero attached hydrogens (tertiary/aromatic N) is 2. The summed E-state index contributed by atoms with van der Waals surface area (Å²) in [5.41, 5.74) is 0.0388. The van der Waals surface area contributed by atoms with E-state index in [1.165, 1.54) is 16.2 Å². The molecule has 0 aliphatic heterocycles. The fraction of sp³-hybridized carbons (Fsp3) is 0.231. The van der Waals surface area contributed by atoms with E-state index in [2.05, 4.69) is 37.7 Å². The molecule has 7 heteroatoms.